The highest BCUT2D eigenvalue weighted by molar-refractivity contribution is 5.96. The molecule has 2 rings (SSSR count). The summed E-state index contributed by atoms with van der Waals surface area (Å²) in [6, 6.07) is 5.31. The van der Waals surface area contributed by atoms with E-state index in [2.05, 4.69) is 35.6 Å². The van der Waals surface area contributed by atoms with Gasteiger partial charge in [-0.2, -0.15) is 0 Å². The lowest BCUT2D eigenvalue weighted by atomic mass is 10.1. The summed E-state index contributed by atoms with van der Waals surface area (Å²) in [6.07, 6.45) is 2.52. The lowest BCUT2D eigenvalue weighted by Gasteiger charge is -2.28. The van der Waals surface area contributed by atoms with Crippen LogP contribution in [0.15, 0.2) is 24.5 Å². The average molecular weight is 273 g/mol. The maximum atomic E-state index is 11.0. The first-order chi connectivity index (χ1) is 9.54. The number of carboxylic acid groups (broad SMARTS) is 1. The lowest BCUT2D eigenvalue weighted by molar-refractivity contribution is 0.0697. The number of fused-ring (bicyclic) bond motifs is 1. The first-order valence-electron chi connectivity index (χ1n) is 6.79. The fourth-order valence-electron chi connectivity index (χ4n) is 2.25. The van der Waals surface area contributed by atoms with E-state index in [-0.39, 0.29) is 5.56 Å². The van der Waals surface area contributed by atoms with Crippen molar-refractivity contribution in [3.63, 3.8) is 0 Å². The van der Waals surface area contributed by atoms with Crippen LogP contribution in [0.1, 0.15) is 37.6 Å². The molecule has 5 nitrogen and oxygen atoms in total. The summed E-state index contributed by atoms with van der Waals surface area (Å²) in [5, 5.41) is 9.93. The molecule has 0 radical (unpaired) electrons. The minimum atomic E-state index is -0.943. The van der Waals surface area contributed by atoms with Crippen LogP contribution in [0.25, 0.3) is 10.9 Å². The van der Waals surface area contributed by atoms with Crippen LogP contribution < -0.4 is 4.90 Å². The van der Waals surface area contributed by atoms with Crippen molar-refractivity contribution in [3.8, 4) is 0 Å². The molecule has 0 aliphatic heterocycles. The van der Waals surface area contributed by atoms with E-state index in [1.54, 1.807) is 18.2 Å². The summed E-state index contributed by atoms with van der Waals surface area (Å²) in [5.41, 5.74) is 0.908. The molecule has 0 saturated heterocycles. The van der Waals surface area contributed by atoms with Crippen LogP contribution in [0.4, 0.5) is 5.82 Å². The van der Waals surface area contributed by atoms with E-state index in [1.165, 1.54) is 6.33 Å². The Morgan fingerprint density at radius 1 is 1.35 bits per heavy atom. The van der Waals surface area contributed by atoms with Crippen LogP contribution >= 0.6 is 0 Å². The summed E-state index contributed by atoms with van der Waals surface area (Å²) in [5.74, 6) is -0.0786. The molecule has 0 fully saturated rings. The standard InChI is InChI=1S/C15H19N3O2/c1-4-7-18(10(2)3)14-12-6-5-11(15(19)20)8-13(12)16-9-17-14/h5-6,8-10H,4,7H2,1-3H3,(H,19,20). The number of hydrogen-bond donors (Lipinski definition) is 1. The molecule has 0 aliphatic carbocycles. The van der Waals surface area contributed by atoms with Crippen LogP contribution in [0, 0.1) is 0 Å². The van der Waals surface area contributed by atoms with Crippen LogP contribution in [-0.2, 0) is 0 Å². The number of nitrogens with zero attached hydrogens (tertiary/aromatic N) is 3. The quantitative estimate of drug-likeness (QED) is 0.907. The monoisotopic (exact) mass is 273 g/mol. The van der Waals surface area contributed by atoms with Gasteiger partial charge in [-0.1, -0.05) is 6.92 Å². The van der Waals surface area contributed by atoms with E-state index in [0.717, 1.165) is 24.2 Å². The largest absolute Gasteiger partial charge is 0.478 e. The molecule has 1 heterocycles. The molecule has 0 spiro atoms. The summed E-state index contributed by atoms with van der Waals surface area (Å²) in [4.78, 5) is 21.8. The molecule has 0 bridgehead atoms. The van der Waals surface area contributed by atoms with Gasteiger partial charge in [0.05, 0.1) is 11.1 Å². The van der Waals surface area contributed by atoms with Crippen molar-refractivity contribution in [2.24, 2.45) is 0 Å². The van der Waals surface area contributed by atoms with Crippen LogP contribution in [-0.4, -0.2) is 33.6 Å². The maximum absolute atomic E-state index is 11.0. The molecule has 1 aromatic heterocycles. The molecule has 106 valence electrons. The number of carbonyl (C=O) groups is 1. The number of hydrogen-bond acceptors (Lipinski definition) is 4. The molecular formula is C15H19N3O2. The van der Waals surface area contributed by atoms with Gasteiger partial charge in [0.2, 0.25) is 0 Å². The van der Waals surface area contributed by atoms with E-state index in [9.17, 15) is 4.79 Å². The Bertz CT molecular complexity index is 626. The summed E-state index contributed by atoms with van der Waals surface area (Å²) in [6.45, 7) is 7.27. The van der Waals surface area contributed by atoms with E-state index < -0.39 is 5.97 Å². The third kappa shape index (κ3) is 2.71. The molecular weight excluding hydrogens is 254 g/mol. The SMILES string of the molecule is CCCN(c1ncnc2cc(C(=O)O)ccc12)C(C)C. The van der Waals surface area contributed by atoms with E-state index in [4.69, 9.17) is 5.11 Å². The molecule has 5 heteroatoms. The van der Waals surface area contributed by atoms with Crippen molar-refractivity contribution in [2.75, 3.05) is 11.4 Å². The molecule has 2 aromatic rings. The molecule has 0 unspecified atom stereocenters. The Kier molecular flexibility index (Phi) is 4.17. The van der Waals surface area contributed by atoms with Gasteiger partial charge in [-0.15, -0.1) is 0 Å². The summed E-state index contributed by atoms with van der Waals surface area (Å²) in [7, 11) is 0. The van der Waals surface area contributed by atoms with Crippen LogP contribution in [0.5, 0.6) is 0 Å². The molecule has 0 atom stereocenters. The first kappa shape index (κ1) is 14.2. The average Bonchev–Trinajstić information content (AvgIpc) is 2.43. The Hall–Kier alpha value is -2.17. The van der Waals surface area contributed by atoms with Crippen molar-refractivity contribution >= 4 is 22.7 Å². The third-order valence-corrected chi connectivity index (χ3v) is 3.22. The second kappa shape index (κ2) is 5.86. The second-order valence-electron chi connectivity index (χ2n) is 5.02. The van der Waals surface area contributed by atoms with Gasteiger partial charge in [0.1, 0.15) is 12.1 Å². The highest BCUT2D eigenvalue weighted by Gasteiger charge is 2.15. The smallest absolute Gasteiger partial charge is 0.335 e. The maximum Gasteiger partial charge on any atom is 0.335 e. The number of rotatable bonds is 5. The molecule has 0 saturated carbocycles. The normalized spacial score (nSPS) is 11.0. The van der Waals surface area contributed by atoms with Crippen molar-refractivity contribution in [2.45, 2.75) is 33.2 Å². The minimum absolute atomic E-state index is 0.244. The van der Waals surface area contributed by atoms with Crippen molar-refractivity contribution in [1.29, 1.82) is 0 Å². The van der Waals surface area contributed by atoms with Crippen molar-refractivity contribution in [1.82, 2.24) is 9.97 Å². The zero-order valence-electron chi connectivity index (χ0n) is 12.0. The number of carboxylic acids is 1. The molecule has 1 aromatic carbocycles. The van der Waals surface area contributed by atoms with Gasteiger partial charge < -0.3 is 10.0 Å². The van der Waals surface area contributed by atoms with Gasteiger partial charge >= 0.3 is 5.97 Å². The highest BCUT2D eigenvalue weighted by Crippen LogP contribution is 2.25. The predicted octanol–water partition coefficient (Wildman–Crippen LogP) is 2.95. The Labute approximate surface area is 118 Å². The zero-order chi connectivity index (χ0) is 14.7. The van der Waals surface area contributed by atoms with Gasteiger partial charge in [0.15, 0.2) is 0 Å². The Morgan fingerprint density at radius 3 is 2.70 bits per heavy atom. The first-order valence-corrected chi connectivity index (χ1v) is 6.79. The minimum Gasteiger partial charge on any atom is -0.478 e. The summed E-state index contributed by atoms with van der Waals surface area (Å²) < 4.78 is 0. The Morgan fingerprint density at radius 2 is 2.10 bits per heavy atom. The van der Waals surface area contributed by atoms with Crippen LogP contribution in [0.2, 0.25) is 0 Å². The van der Waals surface area contributed by atoms with Gasteiger partial charge in [0.25, 0.3) is 0 Å². The van der Waals surface area contributed by atoms with Crippen molar-refractivity contribution < 1.29 is 9.90 Å². The number of anilines is 1. The number of benzene rings is 1. The van der Waals surface area contributed by atoms with E-state index in [1.807, 2.05) is 0 Å². The summed E-state index contributed by atoms with van der Waals surface area (Å²) >= 11 is 0. The fraction of sp³-hybridized carbons (Fsp3) is 0.400. The molecule has 0 amide bonds. The van der Waals surface area contributed by atoms with Crippen LogP contribution in [0.3, 0.4) is 0 Å². The lowest BCUT2D eigenvalue weighted by Crippen LogP contribution is -2.32. The third-order valence-electron chi connectivity index (χ3n) is 3.22. The number of aromatic nitrogens is 2. The second-order valence-corrected chi connectivity index (χ2v) is 5.02. The molecule has 1 N–H and O–H groups in total. The fourth-order valence-corrected chi connectivity index (χ4v) is 2.25. The highest BCUT2D eigenvalue weighted by atomic mass is 16.4. The van der Waals surface area contributed by atoms with Gasteiger partial charge in [-0.3, -0.25) is 0 Å². The van der Waals surface area contributed by atoms with Crippen molar-refractivity contribution in [3.05, 3.63) is 30.1 Å². The Balaban J connectivity index is 2.56. The van der Waals surface area contributed by atoms with E-state index in [0.29, 0.717) is 11.6 Å². The number of aromatic carboxylic acids is 1. The van der Waals surface area contributed by atoms with Gasteiger partial charge in [-0.05, 0) is 38.5 Å². The van der Waals surface area contributed by atoms with Gasteiger partial charge in [0, 0.05) is 18.0 Å². The van der Waals surface area contributed by atoms with Gasteiger partial charge in [-0.25, -0.2) is 14.8 Å². The predicted molar refractivity (Wildman–Crippen MR) is 79.3 cm³/mol. The topological polar surface area (TPSA) is 66.3 Å². The van der Waals surface area contributed by atoms with E-state index >= 15 is 0 Å². The zero-order valence-corrected chi connectivity index (χ0v) is 12.0. The molecule has 20 heavy (non-hydrogen) atoms. The molecule has 0 aliphatic rings.